The Bertz CT molecular complexity index is 237. The van der Waals surface area contributed by atoms with E-state index in [0.29, 0.717) is 0 Å². The molecule has 0 rings (SSSR count). The van der Waals surface area contributed by atoms with Gasteiger partial charge in [0.15, 0.2) is 0 Å². The lowest BCUT2D eigenvalue weighted by molar-refractivity contribution is -0.870. The summed E-state index contributed by atoms with van der Waals surface area (Å²) in [6.07, 6.45) is 15.3. The van der Waals surface area contributed by atoms with E-state index >= 15 is 0 Å². The molecule has 4 N–H and O–H groups in total. The number of carboxylic acid groups (broad SMARTS) is 2. The van der Waals surface area contributed by atoms with E-state index in [1.807, 2.05) is 0 Å². The van der Waals surface area contributed by atoms with Gasteiger partial charge in [0.05, 0.1) is 27.7 Å². The van der Waals surface area contributed by atoms with E-state index in [1.165, 1.54) is 83.6 Å². The quantitative estimate of drug-likeness (QED) is 0.384. The zero-order chi connectivity index (χ0) is 17.3. The largest absolute Gasteiger partial charge is 0.565 e. The van der Waals surface area contributed by atoms with Crippen LogP contribution in [0.4, 0.5) is 4.79 Å². The first-order chi connectivity index (χ1) is 10.3. The van der Waals surface area contributed by atoms with Crippen LogP contribution in [0.15, 0.2) is 0 Å². The minimum absolute atomic E-state index is 0. The molecule has 142 valence electrons. The lowest BCUT2D eigenvalue weighted by Crippen LogP contribution is -2.35. The van der Waals surface area contributed by atoms with Crippen molar-refractivity contribution < 1.29 is 19.5 Å². The molecule has 0 heterocycles. The van der Waals surface area contributed by atoms with Gasteiger partial charge in [-0.3, -0.25) is 0 Å². The van der Waals surface area contributed by atoms with Gasteiger partial charge in [-0.15, -0.1) is 0 Å². The van der Waals surface area contributed by atoms with Crippen LogP contribution in [0.2, 0.25) is 0 Å². The Morgan fingerprint density at radius 1 is 0.783 bits per heavy atom. The first-order valence-corrected chi connectivity index (χ1v) is 9.00. The Morgan fingerprint density at radius 3 is 1.30 bits per heavy atom. The van der Waals surface area contributed by atoms with Crippen LogP contribution in [-0.4, -0.2) is 43.4 Å². The smallest absolute Gasteiger partial charge is 0.249 e. The normalized spacial score (nSPS) is 10.4. The van der Waals surface area contributed by atoms with Crippen molar-refractivity contribution in [1.29, 1.82) is 0 Å². The van der Waals surface area contributed by atoms with Crippen LogP contribution in [0.3, 0.4) is 0 Å². The molecule has 0 unspecified atom stereocenters. The first kappa shape index (κ1) is 27.1. The minimum atomic E-state index is -2.08. The average Bonchev–Trinajstić information content (AvgIpc) is 2.38. The number of quaternary nitrogens is 1. The standard InChI is InChI=1S/C17H38N.CH2O3.H3N/c1-5-6-7-8-9-10-11-12-13-14-15-16-17-18(2,3)4;2-1(3)4;/h5-17H2,1-4H3;(H2,2,3,4);1H3/q+1;;/p-1. The maximum atomic E-state index is 8.44. The summed E-state index contributed by atoms with van der Waals surface area (Å²) in [4.78, 5) is 8.44. The SMILES string of the molecule is CCCCCCCCCCCCCC[N+](C)(C)C.N.O=C([O-])O. The van der Waals surface area contributed by atoms with Crippen molar-refractivity contribution in [3.63, 3.8) is 0 Å². The summed E-state index contributed by atoms with van der Waals surface area (Å²) < 4.78 is 1.12. The highest BCUT2D eigenvalue weighted by atomic mass is 16.6. The molecule has 0 aromatic rings. The van der Waals surface area contributed by atoms with Crippen molar-refractivity contribution in [2.45, 2.75) is 84.0 Å². The van der Waals surface area contributed by atoms with Gasteiger partial charge in [-0.05, 0) is 12.8 Å². The Kier molecular flexibility index (Phi) is 22.6. The predicted octanol–water partition coefficient (Wildman–Crippen LogP) is 4.44. The molecule has 5 nitrogen and oxygen atoms in total. The van der Waals surface area contributed by atoms with Gasteiger partial charge in [-0.25, -0.2) is 0 Å². The molecule has 0 aliphatic carbocycles. The maximum Gasteiger partial charge on any atom is 0.249 e. The second kappa shape index (κ2) is 19.2. The fraction of sp³-hybridized carbons (Fsp3) is 0.944. The zero-order valence-corrected chi connectivity index (χ0v) is 16.1. The van der Waals surface area contributed by atoms with E-state index in [-0.39, 0.29) is 6.15 Å². The van der Waals surface area contributed by atoms with Gasteiger partial charge < -0.3 is 25.6 Å². The van der Waals surface area contributed by atoms with Gasteiger partial charge in [0.25, 0.3) is 0 Å². The lowest BCUT2D eigenvalue weighted by atomic mass is 10.1. The summed E-state index contributed by atoms with van der Waals surface area (Å²) in [5.74, 6) is 0. The van der Waals surface area contributed by atoms with Crippen LogP contribution >= 0.6 is 0 Å². The van der Waals surface area contributed by atoms with E-state index in [4.69, 9.17) is 15.0 Å². The zero-order valence-electron chi connectivity index (χ0n) is 16.1. The summed E-state index contributed by atoms with van der Waals surface area (Å²) in [5, 5.41) is 15.3. The molecule has 0 amide bonds. The summed E-state index contributed by atoms with van der Waals surface area (Å²) >= 11 is 0. The molecule has 0 saturated heterocycles. The lowest BCUT2D eigenvalue weighted by Gasteiger charge is -2.23. The number of hydrogen-bond acceptors (Lipinski definition) is 3. The number of unbranched alkanes of at least 4 members (excludes halogenated alkanes) is 11. The molecular weight excluding hydrogens is 292 g/mol. The first-order valence-electron chi connectivity index (χ1n) is 9.00. The molecule has 0 saturated carbocycles. The predicted molar refractivity (Wildman–Crippen MR) is 97.0 cm³/mol. The van der Waals surface area contributed by atoms with Crippen molar-refractivity contribution in [2.75, 3.05) is 27.7 Å². The van der Waals surface area contributed by atoms with E-state index in [0.717, 1.165) is 4.48 Å². The molecule has 0 aromatic carbocycles. The highest BCUT2D eigenvalue weighted by molar-refractivity contribution is 5.50. The van der Waals surface area contributed by atoms with Gasteiger partial charge in [0.1, 0.15) is 0 Å². The van der Waals surface area contributed by atoms with Gasteiger partial charge in [0, 0.05) is 0 Å². The van der Waals surface area contributed by atoms with Crippen LogP contribution in [0, 0.1) is 0 Å². The number of rotatable bonds is 13. The molecule has 0 radical (unpaired) electrons. The molecule has 0 fully saturated rings. The second-order valence-corrected chi connectivity index (χ2v) is 7.17. The van der Waals surface area contributed by atoms with Crippen molar-refractivity contribution in [3.05, 3.63) is 0 Å². The van der Waals surface area contributed by atoms with E-state index in [2.05, 4.69) is 28.1 Å². The summed E-state index contributed by atoms with van der Waals surface area (Å²) in [5.41, 5.74) is 0. The van der Waals surface area contributed by atoms with Gasteiger partial charge in [0.2, 0.25) is 6.16 Å². The van der Waals surface area contributed by atoms with Crippen LogP contribution in [0.25, 0.3) is 0 Å². The monoisotopic (exact) mass is 334 g/mol. The highest BCUT2D eigenvalue weighted by Gasteiger charge is 2.04. The van der Waals surface area contributed by atoms with Crippen molar-refractivity contribution >= 4 is 6.16 Å². The second-order valence-electron chi connectivity index (χ2n) is 7.17. The Morgan fingerprint density at radius 2 is 1.04 bits per heavy atom. The summed E-state index contributed by atoms with van der Waals surface area (Å²) in [7, 11) is 6.87. The topological polar surface area (TPSA) is 95.4 Å². The molecule has 5 heteroatoms. The average molecular weight is 335 g/mol. The molecule has 0 aliphatic rings. The molecule has 0 bridgehead atoms. The van der Waals surface area contributed by atoms with Crippen LogP contribution in [0.1, 0.15) is 84.0 Å². The molecule has 0 spiro atoms. The molecule has 0 aliphatic heterocycles. The Hall–Kier alpha value is -0.810. The maximum absolute atomic E-state index is 8.44. The summed E-state index contributed by atoms with van der Waals surface area (Å²) in [6, 6.07) is 0. The van der Waals surface area contributed by atoms with E-state index < -0.39 is 6.16 Å². The summed E-state index contributed by atoms with van der Waals surface area (Å²) in [6.45, 7) is 3.62. The molecule has 23 heavy (non-hydrogen) atoms. The minimum Gasteiger partial charge on any atom is -0.565 e. The Labute approximate surface area is 144 Å². The third-order valence-corrected chi connectivity index (χ3v) is 3.68. The van der Waals surface area contributed by atoms with Crippen molar-refractivity contribution in [2.24, 2.45) is 0 Å². The van der Waals surface area contributed by atoms with E-state index in [1.54, 1.807) is 0 Å². The molecule has 0 aromatic heterocycles. The van der Waals surface area contributed by atoms with E-state index in [9.17, 15) is 0 Å². The van der Waals surface area contributed by atoms with Gasteiger partial charge in [-0.1, -0.05) is 71.1 Å². The number of hydrogen-bond donors (Lipinski definition) is 2. The van der Waals surface area contributed by atoms with Crippen molar-refractivity contribution in [1.82, 2.24) is 6.15 Å². The molecule has 0 atom stereocenters. The van der Waals surface area contributed by atoms with Crippen LogP contribution in [-0.2, 0) is 0 Å². The fourth-order valence-corrected chi connectivity index (χ4v) is 2.43. The van der Waals surface area contributed by atoms with Crippen molar-refractivity contribution in [3.8, 4) is 0 Å². The Balaban J connectivity index is -0.000000712. The number of carbonyl (C=O) groups is 1. The third kappa shape index (κ3) is 38.8. The van der Waals surface area contributed by atoms with Crippen LogP contribution in [0.5, 0.6) is 0 Å². The molecular formula is C18H42N2O3. The third-order valence-electron chi connectivity index (χ3n) is 3.68. The van der Waals surface area contributed by atoms with Gasteiger partial charge in [-0.2, -0.15) is 0 Å². The number of nitrogens with zero attached hydrogens (tertiary/aromatic N) is 1. The highest BCUT2D eigenvalue weighted by Crippen LogP contribution is 2.12. The van der Waals surface area contributed by atoms with Gasteiger partial charge >= 0.3 is 0 Å². The van der Waals surface area contributed by atoms with Crippen LogP contribution < -0.4 is 11.3 Å². The fourth-order valence-electron chi connectivity index (χ4n) is 2.43.